The molecule has 0 aliphatic carbocycles. The van der Waals surface area contributed by atoms with Crippen LogP contribution in [0, 0.1) is 0 Å². The van der Waals surface area contributed by atoms with Crippen LogP contribution in [0.5, 0.6) is 11.5 Å². The van der Waals surface area contributed by atoms with Crippen LogP contribution >= 0.6 is 0 Å². The van der Waals surface area contributed by atoms with Gasteiger partial charge in [0.2, 0.25) is 0 Å². The molecule has 0 spiro atoms. The number of nitrogens with one attached hydrogen (secondary N) is 1. The van der Waals surface area contributed by atoms with Crippen LogP contribution in [0.15, 0.2) is 48.5 Å². The summed E-state index contributed by atoms with van der Waals surface area (Å²) < 4.78 is 10.8. The third-order valence-electron chi connectivity index (χ3n) is 3.52. The molecule has 3 heteroatoms. The van der Waals surface area contributed by atoms with Crippen LogP contribution in [-0.2, 0) is 6.54 Å². The number of methoxy groups -OCH3 is 1. The molecule has 0 saturated carbocycles. The van der Waals surface area contributed by atoms with E-state index in [1.807, 2.05) is 38.1 Å². The van der Waals surface area contributed by atoms with Crippen LogP contribution in [0.3, 0.4) is 0 Å². The highest BCUT2D eigenvalue weighted by molar-refractivity contribution is 5.30. The molecule has 2 rings (SSSR count). The third-order valence-corrected chi connectivity index (χ3v) is 3.52. The van der Waals surface area contributed by atoms with Gasteiger partial charge in [0.25, 0.3) is 0 Å². The Morgan fingerprint density at radius 1 is 0.864 bits per heavy atom. The van der Waals surface area contributed by atoms with Gasteiger partial charge in [0.15, 0.2) is 0 Å². The van der Waals surface area contributed by atoms with Crippen molar-refractivity contribution in [3.63, 3.8) is 0 Å². The summed E-state index contributed by atoms with van der Waals surface area (Å²) in [6, 6.07) is 16.7. The van der Waals surface area contributed by atoms with Crippen LogP contribution in [0.4, 0.5) is 0 Å². The van der Waals surface area contributed by atoms with Gasteiger partial charge in [-0.2, -0.15) is 0 Å². The summed E-state index contributed by atoms with van der Waals surface area (Å²) in [7, 11) is 1.68. The van der Waals surface area contributed by atoms with Gasteiger partial charge in [-0.05, 0) is 56.2 Å². The number of benzene rings is 2. The van der Waals surface area contributed by atoms with Crippen molar-refractivity contribution >= 4 is 0 Å². The molecule has 0 aliphatic heterocycles. The molecule has 1 unspecified atom stereocenters. The van der Waals surface area contributed by atoms with E-state index in [9.17, 15) is 0 Å². The van der Waals surface area contributed by atoms with Gasteiger partial charge in [-0.3, -0.25) is 0 Å². The van der Waals surface area contributed by atoms with E-state index in [2.05, 4.69) is 36.5 Å². The van der Waals surface area contributed by atoms with Crippen LogP contribution in [0.1, 0.15) is 37.9 Å². The minimum Gasteiger partial charge on any atom is -0.497 e. The molecule has 0 aliphatic rings. The van der Waals surface area contributed by atoms with Crippen molar-refractivity contribution in [3.8, 4) is 11.5 Å². The lowest BCUT2D eigenvalue weighted by molar-refractivity contribution is 0.242. The van der Waals surface area contributed by atoms with E-state index in [1.54, 1.807) is 7.11 Å². The smallest absolute Gasteiger partial charge is 0.119 e. The van der Waals surface area contributed by atoms with E-state index < -0.39 is 0 Å². The molecule has 118 valence electrons. The molecule has 0 bridgehead atoms. The molecule has 0 aromatic heterocycles. The average molecular weight is 299 g/mol. The Kier molecular flexibility index (Phi) is 5.84. The van der Waals surface area contributed by atoms with Crippen molar-refractivity contribution in [2.45, 2.75) is 39.5 Å². The van der Waals surface area contributed by atoms with E-state index in [4.69, 9.17) is 9.47 Å². The summed E-state index contributed by atoms with van der Waals surface area (Å²) >= 11 is 0. The zero-order valence-electron chi connectivity index (χ0n) is 13.8. The molecule has 0 radical (unpaired) electrons. The maximum absolute atomic E-state index is 5.67. The number of hydrogen-bond donors (Lipinski definition) is 1. The van der Waals surface area contributed by atoms with E-state index in [1.165, 1.54) is 11.1 Å². The van der Waals surface area contributed by atoms with E-state index in [0.29, 0.717) is 0 Å². The van der Waals surface area contributed by atoms with Gasteiger partial charge in [0, 0.05) is 12.6 Å². The van der Waals surface area contributed by atoms with Crippen molar-refractivity contribution in [2.24, 2.45) is 0 Å². The Morgan fingerprint density at radius 2 is 1.45 bits per heavy atom. The molecule has 2 aromatic rings. The van der Waals surface area contributed by atoms with Crippen LogP contribution in [0.25, 0.3) is 0 Å². The predicted octanol–water partition coefficient (Wildman–Crippen LogP) is 4.33. The van der Waals surface area contributed by atoms with E-state index in [0.717, 1.165) is 18.0 Å². The van der Waals surface area contributed by atoms with Crippen LogP contribution in [0.2, 0.25) is 0 Å². The lowest BCUT2D eigenvalue weighted by atomic mass is 10.1. The Labute approximate surface area is 133 Å². The second-order valence-corrected chi connectivity index (χ2v) is 5.69. The Morgan fingerprint density at radius 3 is 2.00 bits per heavy atom. The highest BCUT2D eigenvalue weighted by Gasteiger charge is 2.06. The summed E-state index contributed by atoms with van der Waals surface area (Å²) in [5.74, 6) is 1.80. The fourth-order valence-corrected chi connectivity index (χ4v) is 2.24. The van der Waals surface area contributed by atoms with Crippen LogP contribution < -0.4 is 14.8 Å². The van der Waals surface area contributed by atoms with E-state index in [-0.39, 0.29) is 12.1 Å². The molecule has 3 nitrogen and oxygen atoms in total. The van der Waals surface area contributed by atoms with Gasteiger partial charge >= 0.3 is 0 Å². The molecular weight excluding hydrogens is 274 g/mol. The summed E-state index contributed by atoms with van der Waals surface area (Å²) in [5.41, 5.74) is 2.50. The molecule has 1 N–H and O–H groups in total. The van der Waals surface area contributed by atoms with Gasteiger partial charge in [0.1, 0.15) is 11.5 Å². The normalized spacial score (nSPS) is 12.2. The Bertz CT molecular complexity index is 561. The second-order valence-electron chi connectivity index (χ2n) is 5.69. The minimum atomic E-state index is 0.205. The first-order valence-corrected chi connectivity index (χ1v) is 7.71. The molecule has 0 saturated heterocycles. The average Bonchev–Trinajstić information content (AvgIpc) is 2.53. The zero-order valence-corrected chi connectivity index (χ0v) is 13.8. The summed E-state index contributed by atoms with van der Waals surface area (Å²) in [6.45, 7) is 7.07. The summed E-state index contributed by atoms with van der Waals surface area (Å²) in [4.78, 5) is 0. The predicted molar refractivity (Wildman–Crippen MR) is 90.5 cm³/mol. The molecule has 0 fully saturated rings. The summed E-state index contributed by atoms with van der Waals surface area (Å²) in [6.07, 6.45) is 0.205. The first kappa shape index (κ1) is 16.4. The highest BCUT2D eigenvalue weighted by atomic mass is 16.5. The van der Waals surface area contributed by atoms with Crippen molar-refractivity contribution in [1.82, 2.24) is 5.32 Å². The number of hydrogen-bond acceptors (Lipinski definition) is 3. The molecule has 22 heavy (non-hydrogen) atoms. The second kappa shape index (κ2) is 7.85. The number of ether oxygens (including phenoxy) is 2. The van der Waals surface area contributed by atoms with Crippen molar-refractivity contribution in [1.29, 1.82) is 0 Å². The Balaban J connectivity index is 1.89. The largest absolute Gasteiger partial charge is 0.497 e. The van der Waals surface area contributed by atoms with Crippen molar-refractivity contribution in [2.75, 3.05) is 7.11 Å². The number of rotatable bonds is 7. The third kappa shape index (κ3) is 4.78. The zero-order chi connectivity index (χ0) is 15.9. The Hall–Kier alpha value is -2.00. The topological polar surface area (TPSA) is 30.5 Å². The quantitative estimate of drug-likeness (QED) is 0.825. The molecule has 1 atom stereocenters. The van der Waals surface area contributed by atoms with Gasteiger partial charge in [-0.25, -0.2) is 0 Å². The van der Waals surface area contributed by atoms with E-state index >= 15 is 0 Å². The minimum absolute atomic E-state index is 0.205. The first-order valence-electron chi connectivity index (χ1n) is 7.71. The molecule has 2 aromatic carbocycles. The summed E-state index contributed by atoms with van der Waals surface area (Å²) in [5, 5.41) is 3.53. The van der Waals surface area contributed by atoms with Crippen LogP contribution in [-0.4, -0.2) is 13.2 Å². The van der Waals surface area contributed by atoms with Gasteiger partial charge in [0.05, 0.1) is 13.2 Å². The van der Waals surface area contributed by atoms with Gasteiger partial charge in [-0.1, -0.05) is 24.3 Å². The lowest BCUT2D eigenvalue weighted by Gasteiger charge is -2.16. The molecular formula is C19H25NO2. The monoisotopic (exact) mass is 299 g/mol. The first-order chi connectivity index (χ1) is 10.6. The highest BCUT2D eigenvalue weighted by Crippen LogP contribution is 2.19. The fraction of sp³-hybridized carbons (Fsp3) is 0.368. The van der Waals surface area contributed by atoms with Crippen molar-refractivity contribution in [3.05, 3.63) is 59.7 Å². The fourth-order valence-electron chi connectivity index (χ4n) is 2.24. The molecule has 0 amide bonds. The maximum Gasteiger partial charge on any atom is 0.119 e. The standard InChI is InChI=1S/C19H25NO2/c1-14(2)22-19-11-7-17(8-12-19)15(3)20-13-16-5-9-18(21-4)10-6-16/h5-12,14-15,20H,13H2,1-4H3. The van der Waals surface area contributed by atoms with Gasteiger partial charge < -0.3 is 14.8 Å². The van der Waals surface area contributed by atoms with Crippen molar-refractivity contribution < 1.29 is 9.47 Å². The SMILES string of the molecule is COc1ccc(CNC(C)c2ccc(OC(C)C)cc2)cc1. The van der Waals surface area contributed by atoms with Gasteiger partial charge in [-0.15, -0.1) is 0 Å². The molecule has 0 heterocycles. The maximum atomic E-state index is 5.67. The lowest BCUT2D eigenvalue weighted by Crippen LogP contribution is -2.18.